The van der Waals surface area contributed by atoms with E-state index in [1.165, 1.54) is 0 Å². The second kappa shape index (κ2) is 4.50. The van der Waals surface area contributed by atoms with Crippen molar-refractivity contribution >= 4 is 12.4 Å². The van der Waals surface area contributed by atoms with Gasteiger partial charge in [-0.15, -0.1) is 0 Å². The second-order valence-electron chi connectivity index (χ2n) is 2.60. The zero-order valence-corrected chi connectivity index (χ0v) is 7.16. The molecule has 62 valence electrons. The van der Waals surface area contributed by atoms with Crippen LogP contribution in [0.2, 0.25) is 0 Å². The normalized spacial score (nSPS) is 11.2. The lowest BCUT2D eigenvalue weighted by molar-refractivity contribution is -0.104. The van der Waals surface area contributed by atoms with Crippen LogP contribution in [0.25, 0.3) is 6.08 Å². The Balaban J connectivity index is 2.86. The molecule has 1 aromatic carbocycles. The maximum Gasteiger partial charge on any atom is 0.146 e. The Bertz CT molecular complexity index is 272. The number of aldehydes is 1. The molecule has 0 saturated heterocycles. The summed E-state index contributed by atoms with van der Waals surface area (Å²) in [6, 6.07) is 9.86. The molecule has 0 bridgehead atoms. The lowest BCUT2D eigenvalue weighted by Crippen LogP contribution is -1.81. The van der Waals surface area contributed by atoms with Crippen molar-refractivity contribution in [3.63, 3.8) is 0 Å². The summed E-state index contributed by atoms with van der Waals surface area (Å²) >= 11 is 0. The summed E-state index contributed by atoms with van der Waals surface area (Å²) in [6.45, 7) is 1.98. The summed E-state index contributed by atoms with van der Waals surface area (Å²) in [5.74, 6) is 0. The van der Waals surface area contributed by atoms with E-state index in [0.717, 1.165) is 23.8 Å². The third kappa shape index (κ3) is 2.35. The Kier molecular flexibility index (Phi) is 3.27. The molecule has 1 aromatic rings. The molecule has 0 atom stereocenters. The van der Waals surface area contributed by atoms with Crippen LogP contribution in [-0.4, -0.2) is 6.29 Å². The van der Waals surface area contributed by atoms with E-state index in [4.69, 9.17) is 0 Å². The summed E-state index contributed by atoms with van der Waals surface area (Å²) in [5.41, 5.74) is 1.92. The molecule has 0 aliphatic carbocycles. The Morgan fingerprint density at radius 1 is 1.33 bits per heavy atom. The van der Waals surface area contributed by atoms with Gasteiger partial charge in [-0.2, -0.15) is 0 Å². The number of carbonyl (C=O) groups excluding carboxylic acids is 1. The van der Waals surface area contributed by atoms with Crippen molar-refractivity contribution in [1.82, 2.24) is 0 Å². The van der Waals surface area contributed by atoms with Gasteiger partial charge in [0, 0.05) is 0 Å². The molecule has 0 aromatic heterocycles. The Labute approximate surface area is 72.7 Å². The van der Waals surface area contributed by atoms with Crippen LogP contribution < -0.4 is 0 Å². The van der Waals surface area contributed by atoms with Gasteiger partial charge in [-0.25, -0.2) is 0 Å². The molecule has 0 unspecified atom stereocenters. The number of hydrogen-bond donors (Lipinski definition) is 0. The lowest BCUT2D eigenvalue weighted by Gasteiger charge is -1.94. The van der Waals surface area contributed by atoms with Gasteiger partial charge in [-0.3, -0.25) is 4.79 Å². The maximum absolute atomic E-state index is 10.5. The second-order valence-corrected chi connectivity index (χ2v) is 2.60. The van der Waals surface area contributed by atoms with Crippen molar-refractivity contribution in [2.45, 2.75) is 13.3 Å². The summed E-state index contributed by atoms with van der Waals surface area (Å²) in [5, 5.41) is 0. The lowest BCUT2D eigenvalue weighted by atomic mass is 10.1. The Morgan fingerprint density at radius 2 is 2.00 bits per heavy atom. The average molecular weight is 160 g/mol. The van der Waals surface area contributed by atoms with Crippen LogP contribution in [0.4, 0.5) is 0 Å². The first-order valence-corrected chi connectivity index (χ1v) is 4.07. The molecule has 0 aliphatic heterocycles. The molecule has 0 fully saturated rings. The van der Waals surface area contributed by atoms with E-state index >= 15 is 0 Å². The van der Waals surface area contributed by atoms with Gasteiger partial charge >= 0.3 is 0 Å². The highest BCUT2D eigenvalue weighted by molar-refractivity contribution is 5.81. The molecule has 0 saturated carbocycles. The van der Waals surface area contributed by atoms with Gasteiger partial charge in [0.15, 0.2) is 0 Å². The van der Waals surface area contributed by atoms with Crippen molar-refractivity contribution < 1.29 is 4.79 Å². The van der Waals surface area contributed by atoms with Gasteiger partial charge in [-0.05, 0) is 23.6 Å². The van der Waals surface area contributed by atoms with Crippen LogP contribution in [0.15, 0.2) is 35.9 Å². The molecule has 0 N–H and O–H groups in total. The Hall–Kier alpha value is -1.37. The van der Waals surface area contributed by atoms with Crippen LogP contribution in [0.5, 0.6) is 0 Å². The molecule has 0 heterocycles. The standard InChI is InChI=1S/C11H12O/c1-2-10(9-12)8-11-6-4-3-5-7-11/h3-9H,2H2,1H3. The zero-order valence-electron chi connectivity index (χ0n) is 7.16. The number of allylic oxidation sites excluding steroid dienone is 1. The highest BCUT2D eigenvalue weighted by Crippen LogP contribution is 2.06. The van der Waals surface area contributed by atoms with Crippen LogP contribution >= 0.6 is 0 Å². The minimum Gasteiger partial charge on any atom is -0.298 e. The topological polar surface area (TPSA) is 17.1 Å². The van der Waals surface area contributed by atoms with Gasteiger partial charge in [0.2, 0.25) is 0 Å². The SMILES string of the molecule is CCC(C=O)=Cc1ccccc1. The van der Waals surface area contributed by atoms with Crippen LogP contribution in [0.3, 0.4) is 0 Å². The average Bonchev–Trinajstić information content (AvgIpc) is 2.16. The fourth-order valence-electron chi connectivity index (χ4n) is 0.983. The first-order chi connectivity index (χ1) is 5.86. The van der Waals surface area contributed by atoms with Crippen molar-refractivity contribution in [1.29, 1.82) is 0 Å². The van der Waals surface area contributed by atoms with Crippen LogP contribution in [0, 0.1) is 0 Å². The van der Waals surface area contributed by atoms with E-state index in [-0.39, 0.29) is 0 Å². The predicted molar refractivity (Wildman–Crippen MR) is 50.8 cm³/mol. The number of rotatable bonds is 3. The molecule has 0 spiro atoms. The molecular weight excluding hydrogens is 148 g/mol. The molecule has 1 heteroatoms. The van der Waals surface area contributed by atoms with E-state index in [0.29, 0.717) is 0 Å². The molecule has 0 amide bonds. The predicted octanol–water partition coefficient (Wildman–Crippen LogP) is 2.68. The highest BCUT2D eigenvalue weighted by atomic mass is 16.1. The number of hydrogen-bond acceptors (Lipinski definition) is 1. The third-order valence-electron chi connectivity index (χ3n) is 1.71. The summed E-state index contributed by atoms with van der Waals surface area (Å²) in [6.07, 6.45) is 3.61. The first-order valence-electron chi connectivity index (χ1n) is 4.07. The molecule has 1 nitrogen and oxygen atoms in total. The van der Waals surface area contributed by atoms with E-state index < -0.39 is 0 Å². The van der Waals surface area contributed by atoms with Crippen molar-refractivity contribution in [3.05, 3.63) is 41.5 Å². The van der Waals surface area contributed by atoms with Gasteiger partial charge in [0.1, 0.15) is 6.29 Å². The van der Waals surface area contributed by atoms with Gasteiger partial charge in [-0.1, -0.05) is 37.3 Å². The molecule has 0 radical (unpaired) electrons. The largest absolute Gasteiger partial charge is 0.298 e. The van der Waals surface area contributed by atoms with Gasteiger partial charge < -0.3 is 0 Å². The van der Waals surface area contributed by atoms with Gasteiger partial charge in [0.25, 0.3) is 0 Å². The molecule has 12 heavy (non-hydrogen) atoms. The fraction of sp³-hybridized carbons (Fsp3) is 0.182. The molecule has 1 rings (SSSR count). The van der Waals surface area contributed by atoms with E-state index in [9.17, 15) is 4.79 Å². The molecular formula is C11H12O. The summed E-state index contributed by atoms with van der Waals surface area (Å²) in [7, 11) is 0. The zero-order chi connectivity index (χ0) is 8.81. The van der Waals surface area contributed by atoms with Crippen molar-refractivity contribution in [3.8, 4) is 0 Å². The first kappa shape index (κ1) is 8.72. The van der Waals surface area contributed by atoms with Crippen molar-refractivity contribution in [2.75, 3.05) is 0 Å². The fourth-order valence-corrected chi connectivity index (χ4v) is 0.983. The smallest absolute Gasteiger partial charge is 0.146 e. The van der Waals surface area contributed by atoms with E-state index in [2.05, 4.69) is 0 Å². The minimum absolute atomic E-state index is 0.790. The Morgan fingerprint density at radius 3 is 2.50 bits per heavy atom. The third-order valence-corrected chi connectivity index (χ3v) is 1.71. The van der Waals surface area contributed by atoms with E-state index in [1.54, 1.807) is 0 Å². The number of carbonyl (C=O) groups is 1. The van der Waals surface area contributed by atoms with E-state index in [1.807, 2.05) is 43.3 Å². The van der Waals surface area contributed by atoms with Crippen LogP contribution in [-0.2, 0) is 4.79 Å². The van der Waals surface area contributed by atoms with Gasteiger partial charge in [0.05, 0.1) is 0 Å². The maximum atomic E-state index is 10.5. The summed E-state index contributed by atoms with van der Waals surface area (Å²) < 4.78 is 0. The van der Waals surface area contributed by atoms with Crippen LogP contribution in [0.1, 0.15) is 18.9 Å². The minimum atomic E-state index is 0.790. The highest BCUT2D eigenvalue weighted by Gasteiger charge is 1.90. The van der Waals surface area contributed by atoms with Crippen molar-refractivity contribution in [2.24, 2.45) is 0 Å². The summed E-state index contributed by atoms with van der Waals surface area (Å²) in [4.78, 5) is 10.5. The number of benzene rings is 1. The monoisotopic (exact) mass is 160 g/mol. The quantitative estimate of drug-likeness (QED) is 0.490. The molecule has 0 aliphatic rings.